The van der Waals surface area contributed by atoms with E-state index < -0.39 is 0 Å². The van der Waals surface area contributed by atoms with Gasteiger partial charge in [0, 0.05) is 18.3 Å². The molecule has 0 saturated heterocycles. The average Bonchev–Trinajstić information content (AvgIpc) is 2.43. The lowest BCUT2D eigenvalue weighted by molar-refractivity contribution is 0.281. The Morgan fingerprint density at radius 3 is 2.95 bits per heavy atom. The molecule has 0 unspecified atom stereocenters. The third kappa shape index (κ3) is 3.42. The zero-order valence-corrected chi connectivity index (χ0v) is 11.1. The molecular formula is C14H17N3O2. The lowest BCUT2D eigenvalue weighted by atomic mass is 10.2. The van der Waals surface area contributed by atoms with Crippen LogP contribution in [0.15, 0.2) is 30.5 Å². The highest BCUT2D eigenvalue weighted by molar-refractivity contribution is 5.37. The van der Waals surface area contributed by atoms with E-state index in [1.165, 1.54) is 0 Å². The van der Waals surface area contributed by atoms with Gasteiger partial charge in [-0.15, -0.1) is 0 Å². The first-order chi connectivity index (χ1) is 9.22. The molecule has 0 fully saturated rings. The molecule has 2 rings (SSSR count). The maximum absolute atomic E-state index is 9.11. The number of hydrogen-bond donors (Lipinski definition) is 2. The number of rotatable bonds is 5. The van der Waals surface area contributed by atoms with Gasteiger partial charge in [0.15, 0.2) is 0 Å². The fourth-order valence-electron chi connectivity index (χ4n) is 1.59. The highest BCUT2D eigenvalue weighted by atomic mass is 16.5. The van der Waals surface area contributed by atoms with Crippen molar-refractivity contribution in [3.63, 3.8) is 0 Å². The van der Waals surface area contributed by atoms with Crippen molar-refractivity contribution in [2.45, 2.75) is 20.5 Å². The molecule has 1 heterocycles. The summed E-state index contributed by atoms with van der Waals surface area (Å²) in [6.45, 7) is 4.61. The standard InChI is InChI=1S/C14H17N3O2/c1-3-15-14-16-8-10(2)13(17-14)19-12-6-4-5-11(7-12)9-18/h4-8,18H,3,9H2,1-2H3,(H,15,16,17). The van der Waals surface area contributed by atoms with Crippen molar-refractivity contribution < 1.29 is 9.84 Å². The summed E-state index contributed by atoms with van der Waals surface area (Å²) in [5, 5.41) is 12.1. The zero-order valence-electron chi connectivity index (χ0n) is 11.1. The number of aryl methyl sites for hydroxylation is 1. The topological polar surface area (TPSA) is 67.3 Å². The van der Waals surface area contributed by atoms with E-state index in [0.29, 0.717) is 17.6 Å². The van der Waals surface area contributed by atoms with Crippen molar-refractivity contribution in [1.29, 1.82) is 0 Å². The summed E-state index contributed by atoms with van der Waals surface area (Å²) in [7, 11) is 0. The molecule has 0 aliphatic carbocycles. The first kappa shape index (κ1) is 13.3. The van der Waals surface area contributed by atoms with E-state index in [-0.39, 0.29) is 6.61 Å². The molecule has 0 bridgehead atoms. The smallest absolute Gasteiger partial charge is 0.226 e. The summed E-state index contributed by atoms with van der Waals surface area (Å²) in [5.41, 5.74) is 1.66. The van der Waals surface area contributed by atoms with Crippen molar-refractivity contribution in [2.24, 2.45) is 0 Å². The van der Waals surface area contributed by atoms with Crippen molar-refractivity contribution >= 4 is 5.95 Å². The second-order valence-electron chi connectivity index (χ2n) is 4.12. The number of nitrogens with zero attached hydrogens (tertiary/aromatic N) is 2. The Bertz CT molecular complexity index is 558. The predicted molar refractivity (Wildman–Crippen MR) is 73.4 cm³/mol. The van der Waals surface area contributed by atoms with E-state index in [1.807, 2.05) is 32.0 Å². The fraction of sp³-hybridized carbons (Fsp3) is 0.286. The van der Waals surface area contributed by atoms with E-state index in [4.69, 9.17) is 9.84 Å². The molecule has 1 aromatic carbocycles. The summed E-state index contributed by atoms with van der Waals surface area (Å²) in [5.74, 6) is 1.71. The minimum atomic E-state index is -0.0113. The number of hydrogen-bond acceptors (Lipinski definition) is 5. The monoisotopic (exact) mass is 259 g/mol. The van der Waals surface area contributed by atoms with Gasteiger partial charge in [0.05, 0.1) is 6.61 Å². The van der Waals surface area contributed by atoms with Crippen LogP contribution in [0.3, 0.4) is 0 Å². The zero-order chi connectivity index (χ0) is 13.7. The summed E-state index contributed by atoms with van der Waals surface area (Å²) in [6.07, 6.45) is 1.72. The molecule has 5 heteroatoms. The summed E-state index contributed by atoms with van der Waals surface area (Å²) >= 11 is 0. The maximum Gasteiger partial charge on any atom is 0.226 e. The van der Waals surface area contributed by atoms with Gasteiger partial charge in [-0.2, -0.15) is 4.98 Å². The van der Waals surface area contributed by atoms with Crippen LogP contribution in [0.2, 0.25) is 0 Å². The van der Waals surface area contributed by atoms with Crippen molar-refractivity contribution in [3.8, 4) is 11.6 Å². The SMILES string of the molecule is CCNc1ncc(C)c(Oc2cccc(CO)c2)n1. The molecule has 2 N–H and O–H groups in total. The van der Waals surface area contributed by atoms with Crippen LogP contribution in [0, 0.1) is 6.92 Å². The maximum atomic E-state index is 9.11. The molecule has 19 heavy (non-hydrogen) atoms. The highest BCUT2D eigenvalue weighted by Crippen LogP contribution is 2.24. The molecule has 1 aromatic heterocycles. The van der Waals surface area contributed by atoms with Gasteiger partial charge >= 0.3 is 0 Å². The summed E-state index contributed by atoms with van der Waals surface area (Å²) in [6, 6.07) is 7.29. The number of ether oxygens (including phenoxy) is 1. The minimum Gasteiger partial charge on any atom is -0.439 e. The Balaban J connectivity index is 2.23. The molecule has 0 aliphatic rings. The highest BCUT2D eigenvalue weighted by Gasteiger charge is 2.06. The largest absolute Gasteiger partial charge is 0.439 e. The Morgan fingerprint density at radius 1 is 1.37 bits per heavy atom. The van der Waals surface area contributed by atoms with E-state index in [9.17, 15) is 0 Å². The van der Waals surface area contributed by atoms with Gasteiger partial charge in [0.1, 0.15) is 5.75 Å². The van der Waals surface area contributed by atoms with E-state index in [2.05, 4.69) is 15.3 Å². The molecule has 5 nitrogen and oxygen atoms in total. The second kappa shape index (κ2) is 6.15. The van der Waals surface area contributed by atoms with Crippen LogP contribution in [0.4, 0.5) is 5.95 Å². The van der Waals surface area contributed by atoms with Gasteiger partial charge in [-0.05, 0) is 31.5 Å². The lowest BCUT2D eigenvalue weighted by Crippen LogP contribution is -2.03. The number of aliphatic hydroxyl groups is 1. The van der Waals surface area contributed by atoms with E-state index >= 15 is 0 Å². The number of benzene rings is 1. The fourth-order valence-corrected chi connectivity index (χ4v) is 1.59. The quantitative estimate of drug-likeness (QED) is 0.863. The Hall–Kier alpha value is -2.14. The van der Waals surface area contributed by atoms with Crippen molar-refractivity contribution in [1.82, 2.24) is 9.97 Å². The van der Waals surface area contributed by atoms with Gasteiger partial charge in [-0.25, -0.2) is 4.98 Å². The molecule has 0 amide bonds. The minimum absolute atomic E-state index is 0.0113. The first-order valence-electron chi connectivity index (χ1n) is 6.18. The Morgan fingerprint density at radius 2 is 2.21 bits per heavy atom. The van der Waals surface area contributed by atoms with Gasteiger partial charge < -0.3 is 15.2 Å². The summed E-state index contributed by atoms with van der Waals surface area (Å²) < 4.78 is 5.74. The molecule has 100 valence electrons. The van der Waals surface area contributed by atoms with Crippen LogP contribution in [0.5, 0.6) is 11.6 Å². The van der Waals surface area contributed by atoms with Crippen LogP contribution in [-0.4, -0.2) is 21.6 Å². The first-order valence-corrected chi connectivity index (χ1v) is 6.18. The van der Waals surface area contributed by atoms with Gasteiger partial charge in [-0.3, -0.25) is 0 Å². The van der Waals surface area contributed by atoms with Crippen molar-refractivity contribution in [3.05, 3.63) is 41.6 Å². The summed E-state index contributed by atoms with van der Waals surface area (Å²) in [4.78, 5) is 8.47. The Kier molecular flexibility index (Phi) is 4.30. The third-order valence-electron chi connectivity index (χ3n) is 2.56. The third-order valence-corrected chi connectivity index (χ3v) is 2.56. The number of aromatic nitrogens is 2. The van der Waals surface area contributed by atoms with E-state index in [1.54, 1.807) is 12.3 Å². The second-order valence-corrected chi connectivity index (χ2v) is 4.12. The van der Waals surface area contributed by atoms with Crippen LogP contribution < -0.4 is 10.1 Å². The van der Waals surface area contributed by atoms with Gasteiger partial charge in [0.25, 0.3) is 0 Å². The molecule has 0 radical (unpaired) electrons. The molecule has 0 atom stereocenters. The average molecular weight is 259 g/mol. The molecular weight excluding hydrogens is 242 g/mol. The van der Waals surface area contributed by atoms with E-state index in [0.717, 1.165) is 17.7 Å². The molecule has 0 spiro atoms. The van der Waals surface area contributed by atoms with Crippen molar-refractivity contribution in [2.75, 3.05) is 11.9 Å². The van der Waals surface area contributed by atoms with Crippen LogP contribution in [0.25, 0.3) is 0 Å². The number of anilines is 1. The van der Waals surface area contributed by atoms with Gasteiger partial charge in [-0.1, -0.05) is 12.1 Å². The molecule has 0 aliphatic heterocycles. The van der Waals surface area contributed by atoms with Gasteiger partial charge in [0.2, 0.25) is 11.8 Å². The molecule has 2 aromatic rings. The number of aliphatic hydroxyl groups excluding tert-OH is 1. The number of nitrogens with one attached hydrogen (secondary N) is 1. The predicted octanol–water partition coefficient (Wildman–Crippen LogP) is 2.50. The molecule has 0 saturated carbocycles. The normalized spacial score (nSPS) is 10.3. The van der Waals surface area contributed by atoms with Crippen LogP contribution in [-0.2, 0) is 6.61 Å². The van der Waals surface area contributed by atoms with Crippen LogP contribution in [0.1, 0.15) is 18.1 Å². The Labute approximate surface area is 112 Å². The lowest BCUT2D eigenvalue weighted by Gasteiger charge is -2.10. The van der Waals surface area contributed by atoms with Crippen LogP contribution >= 0.6 is 0 Å².